The van der Waals surface area contributed by atoms with Crippen molar-refractivity contribution in [2.75, 3.05) is 50.6 Å². The molecular formula is C24H33N3O4. The Balaban J connectivity index is 1.86. The van der Waals surface area contributed by atoms with E-state index >= 15 is 0 Å². The van der Waals surface area contributed by atoms with Crippen LogP contribution in [0.5, 0.6) is 5.75 Å². The standard InChI is InChI=1S/C24H33N3O4/c1-4-13-27(14-5-2)24(29)19-9-11-20(12-10-19)26-23(28)18-25-21-7-6-8-22(17-21)31-16-15-30-3/h6-12,17,25H,4-5,13-16,18H2,1-3H3,(H,26,28). The third kappa shape index (κ3) is 8.30. The zero-order valence-corrected chi connectivity index (χ0v) is 18.6. The summed E-state index contributed by atoms with van der Waals surface area (Å²) in [5, 5.41) is 5.92. The number of benzene rings is 2. The van der Waals surface area contributed by atoms with Crippen molar-refractivity contribution in [3.63, 3.8) is 0 Å². The van der Waals surface area contributed by atoms with Crippen LogP contribution in [-0.2, 0) is 9.53 Å². The van der Waals surface area contributed by atoms with E-state index < -0.39 is 0 Å². The van der Waals surface area contributed by atoms with Gasteiger partial charge in [-0.1, -0.05) is 19.9 Å². The fourth-order valence-electron chi connectivity index (χ4n) is 3.06. The molecule has 0 fully saturated rings. The van der Waals surface area contributed by atoms with Gasteiger partial charge in [0, 0.05) is 43.2 Å². The number of carbonyl (C=O) groups is 2. The monoisotopic (exact) mass is 427 g/mol. The normalized spacial score (nSPS) is 10.4. The van der Waals surface area contributed by atoms with E-state index in [4.69, 9.17) is 9.47 Å². The number of rotatable bonds is 13. The van der Waals surface area contributed by atoms with Crippen molar-refractivity contribution in [1.82, 2.24) is 4.90 Å². The van der Waals surface area contributed by atoms with E-state index in [0.29, 0.717) is 30.2 Å². The van der Waals surface area contributed by atoms with E-state index in [0.717, 1.165) is 31.6 Å². The second kappa shape index (κ2) is 13.3. The number of anilines is 2. The van der Waals surface area contributed by atoms with Gasteiger partial charge in [0.1, 0.15) is 12.4 Å². The maximum Gasteiger partial charge on any atom is 0.253 e. The quantitative estimate of drug-likeness (QED) is 0.472. The highest BCUT2D eigenvalue weighted by Gasteiger charge is 2.14. The van der Waals surface area contributed by atoms with Crippen molar-refractivity contribution in [2.24, 2.45) is 0 Å². The van der Waals surface area contributed by atoms with Crippen molar-refractivity contribution in [3.05, 3.63) is 54.1 Å². The van der Waals surface area contributed by atoms with Gasteiger partial charge in [-0.25, -0.2) is 0 Å². The minimum absolute atomic E-state index is 0.0239. The Morgan fingerprint density at radius 1 is 0.935 bits per heavy atom. The lowest BCUT2D eigenvalue weighted by Gasteiger charge is -2.21. The summed E-state index contributed by atoms with van der Waals surface area (Å²) in [5.74, 6) is 0.558. The SMILES string of the molecule is CCCN(CCC)C(=O)c1ccc(NC(=O)CNc2cccc(OCCOC)c2)cc1. The number of ether oxygens (including phenoxy) is 2. The molecule has 0 saturated carbocycles. The lowest BCUT2D eigenvalue weighted by molar-refractivity contribution is -0.114. The fraction of sp³-hybridized carbons (Fsp3) is 0.417. The number of methoxy groups -OCH3 is 1. The summed E-state index contributed by atoms with van der Waals surface area (Å²) in [7, 11) is 1.62. The first kappa shape index (κ1) is 24.2. The summed E-state index contributed by atoms with van der Waals surface area (Å²) in [5.41, 5.74) is 2.07. The Labute approximate surface area is 184 Å². The summed E-state index contributed by atoms with van der Waals surface area (Å²) in [6.45, 7) is 6.71. The Morgan fingerprint density at radius 2 is 1.65 bits per heavy atom. The molecule has 0 radical (unpaired) electrons. The molecule has 7 nitrogen and oxygen atoms in total. The minimum atomic E-state index is -0.177. The van der Waals surface area contributed by atoms with Crippen LogP contribution in [0.4, 0.5) is 11.4 Å². The molecule has 2 amide bonds. The Hall–Kier alpha value is -3.06. The molecular weight excluding hydrogens is 394 g/mol. The molecule has 0 saturated heterocycles. The van der Waals surface area contributed by atoms with Gasteiger partial charge < -0.3 is 25.0 Å². The van der Waals surface area contributed by atoms with E-state index in [-0.39, 0.29) is 18.4 Å². The van der Waals surface area contributed by atoms with Crippen LogP contribution in [-0.4, -0.2) is 56.7 Å². The molecule has 0 aliphatic heterocycles. The average molecular weight is 428 g/mol. The lowest BCUT2D eigenvalue weighted by atomic mass is 10.1. The van der Waals surface area contributed by atoms with E-state index in [9.17, 15) is 9.59 Å². The molecule has 0 heterocycles. The lowest BCUT2D eigenvalue weighted by Crippen LogP contribution is -2.32. The molecule has 0 aliphatic carbocycles. The predicted octanol–water partition coefficient (Wildman–Crippen LogP) is 4.02. The van der Waals surface area contributed by atoms with Crippen molar-refractivity contribution < 1.29 is 19.1 Å². The highest BCUT2D eigenvalue weighted by Crippen LogP contribution is 2.17. The molecule has 7 heteroatoms. The van der Waals surface area contributed by atoms with Crippen LogP contribution in [0, 0.1) is 0 Å². The molecule has 2 aromatic carbocycles. The van der Waals surface area contributed by atoms with Gasteiger partial charge in [-0.15, -0.1) is 0 Å². The highest BCUT2D eigenvalue weighted by atomic mass is 16.5. The van der Waals surface area contributed by atoms with Gasteiger partial charge in [-0.2, -0.15) is 0 Å². The summed E-state index contributed by atoms with van der Waals surface area (Å²) < 4.78 is 10.5. The second-order valence-corrected chi connectivity index (χ2v) is 7.14. The van der Waals surface area contributed by atoms with Gasteiger partial charge in [0.2, 0.25) is 5.91 Å². The van der Waals surface area contributed by atoms with E-state index in [1.54, 1.807) is 31.4 Å². The summed E-state index contributed by atoms with van der Waals surface area (Å²) in [6.07, 6.45) is 1.85. The molecule has 168 valence electrons. The van der Waals surface area contributed by atoms with Crippen LogP contribution < -0.4 is 15.4 Å². The smallest absolute Gasteiger partial charge is 0.253 e. The van der Waals surface area contributed by atoms with Gasteiger partial charge in [-0.05, 0) is 49.2 Å². The molecule has 0 bridgehead atoms. The van der Waals surface area contributed by atoms with Gasteiger partial charge in [0.15, 0.2) is 0 Å². The van der Waals surface area contributed by atoms with Crippen LogP contribution >= 0.6 is 0 Å². The first-order valence-corrected chi connectivity index (χ1v) is 10.7. The predicted molar refractivity (Wildman–Crippen MR) is 124 cm³/mol. The van der Waals surface area contributed by atoms with Gasteiger partial charge in [0.25, 0.3) is 5.91 Å². The molecule has 0 spiro atoms. The topological polar surface area (TPSA) is 79.9 Å². The summed E-state index contributed by atoms with van der Waals surface area (Å²) in [6, 6.07) is 14.4. The third-order valence-corrected chi connectivity index (χ3v) is 4.53. The van der Waals surface area contributed by atoms with Crippen LogP contribution in [0.2, 0.25) is 0 Å². The third-order valence-electron chi connectivity index (χ3n) is 4.53. The van der Waals surface area contributed by atoms with Crippen LogP contribution in [0.1, 0.15) is 37.0 Å². The van der Waals surface area contributed by atoms with E-state index in [1.807, 2.05) is 29.2 Å². The highest BCUT2D eigenvalue weighted by molar-refractivity contribution is 5.96. The van der Waals surface area contributed by atoms with Gasteiger partial charge >= 0.3 is 0 Å². The maximum absolute atomic E-state index is 12.6. The van der Waals surface area contributed by atoms with E-state index in [2.05, 4.69) is 24.5 Å². The molecule has 2 rings (SSSR count). The maximum atomic E-state index is 12.6. The zero-order chi connectivity index (χ0) is 22.5. The summed E-state index contributed by atoms with van der Waals surface area (Å²) >= 11 is 0. The first-order valence-electron chi connectivity index (χ1n) is 10.7. The van der Waals surface area contributed by atoms with Crippen LogP contribution in [0.3, 0.4) is 0 Å². The van der Waals surface area contributed by atoms with Crippen LogP contribution in [0.25, 0.3) is 0 Å². The molecule has 31 heavy (non-hydrogen) atoms. The number of nitrogens with zero attached hydrogens (tertiary/aromatic N) is 1. The van der Waals surface area contributed by atoms with Crippen molar-refractivity contribution in [3.8, 4) is 5.75 Å². The fourth-order valence-corrected chi connectivity index (χ4v) is 3.06. The van der Waals surface area contributed by atoms with Crippen molar-refractivity contribution >= 4 is 23.2 Å². The zero-order valence-electron chi connectivity index (χ0n) is 18.6. The molecule has 0 atom stereocenters. The number of carbonyl (C=O) groups excluding carboxylic acids is 2. The molecule has 0 aliphatic rings. The summed E-state index contributed by atoms with van der Waals surface area (Å²) in [4.78, 5) is 26.8. The number of hydrogen-bond acceptors (Lipinski definition) is 5. The second-order valence-electron chi connectivity index (χ2n) is 7.14. The van der Waals surface area contributed by atoms with Crippen molar-refractivity contribution in [2.45, 2.75) is 26.7 Å². The number of amides is 2. The van der Waals surface area contributed by atoms with Gasteiger partial charge in [-0.3, -0.25) is 9.59 Å². The number of hydrogen-bond donors (Lipinski definition) is 2. The largest absolute Gasteiger partial charge is 0.491 e. The average Bonchev–Trinajstić information content (AvgIpc) is 2.78. The molecule has 2 N–H and O–H groups in total. The van der Waals surface area contributed by atoms with Crippen molar-refractivity contribution in [1.29, 1.82) is 0 Å². The number of nitrogens with one attached hydrogen (secondary N) is 2. The van der Waals surface area contributed by atoms with Gasteiger partial charge in [0.05, 0.1) is 13.2 Å². The Kier molecular flexibility index (Phi) is 10.4. The Morgan fingerprint density at radius 3 is 2.29 bits per heavy atom. The first-order chi connectivity index (χ1) is 15.1. The molecule has 2 aromatic rings. The van der Waals surface area contributed by atoms with E-state index in [1.165, 1.54) is 0 Å². The molecule has 0 unspecified atom stereocenters. The Bertz CT molecular complexity index is 818. The minimum Gasteiger partial charge on any atom is -0.491 e. The molecule has 0 aromatic heterocycles. The van der Waals surface area contributed by atoms with Crippen LogP contribution in [0.15, 0.2) is 48.5 Å².